The molecule has 0 radical (unpaired) electrons. The third kappa shape index (κ3) is 7.36. The third-order valence-electron chi connectivity index (χ3n) is 4.85. The van der Waals surface area contributed by atoms with Gasteiger partial charge in [0.2, 0.25) is 17.7 Å². The summed E-state index contributed by atoms with van der Waals surface area (Å²) in [6.07, 6.45) is 3.40. The molecule has 4 amide bonds. The molecule has 2 rings (SSSR count). The molecule has 1 saturated carbocycles. The molecule has 1 aliphatic heterocycles. The monoisotopic (exact) mass is 396 g/mol. The summed E-state index contributed by atoms with van der Waals surface area (Å²) in [5.74, 6) is -1.32. The smallest absolute Gasteiger partial charge is 0.408 e. The van der Waals surface area contributed by atoms with E-state index in [0.29, 0.717) is 25.3 Å². The average molecular weight is 396 g/mol. The highest BCUT2D eigenvalue weighted by atomic mass is 16.6. The molecule has 0 aromatic rings. The fourth-order valence-electron chi connectivity index (χ4n) is 3.23. The van der Waals surface area contributed by atoms with Crippen LogP contribution in [0.15, 0.2) is 0 Å². The lowest BCUT2D eigenvalue weighted by atomic mass is 9.91. The number of nitrogens with two attached hydrogens (primary N) is 1. The van der Waals surface area contributed by atoms with E-state index in [9.17, 15) is 19.2 Å². The van der Waals surface area contributed by atoms with Crippen molar-refractivity contribution in [3.05, 3.63) is 0 Å². The molecule has 2 fully saturated rings. The summed E-state index contributed by atoms with van der Waals surface area (Å²) in [6.45, 7) is 5.83. The summed E-state index contributed by atoms with van der Waals surface area (Å²) in [4.78, 5) is 48.7. The quantitative estimate of drug-likeness (QED) is 0.475. The largest absolute Gasteiger partial charge is 0.444 e. The molecule has 0 aromatic carbocycles. The van der Waals surface area contributed by atoms with Crippen molar-refractivity contribution >= 4 is 23.8 Å². The van der Waals surface area contributed by atoms with Crippen LogP contribution in [0.25, 0.3) is 0 Å². The Hall–Kier alpha value is -2.32. The highest BCUT2D eigenvalue weighted by Gasteiger charge is 2.34. The first kappa shape index (κ1) is 22.0. The second kappa shape index (κ2) is 9.25. The van der Waals surface area contributed by atoms with Gasteiger partial charge in [0.1, 0.15) is 17.7 Å². The van der Waals surface area contributed by atoms with Crippen LogP contribution < -0.4 is 21.7 Å². The predicted molar refractivity (Wildman–Crippen MR) is 102 cm³/mol. The maximum Gasteiger partial charge on any atom is 0.408 e. The second-order valence-corrected chi connectivity index (χ2v) is 8.71. The normalized spacial score (nSPS) is 21.8. The number of piperidine rings is 1. The van der Waals surface area contributed by atoms with E-state index in [4.69, 9.17) is 10.5 Å². The number of alkyl carbamates (subject to hydrolysis) is 1. The van der Waals surface area contributed by atoms with Crippen LogP contribution in [0.4, 0.5) is 4.79 Å². The Morgan fingerprint density at radius 3 is 2.36 bits per heavy atom. The minimum atomic E-state index is -0.969. The number of carbonyl (C=O) groups excluding carboxylic acids is 4. The van der Waals surface area contributed by atoms with Crippen molar-refractivity contribution in [2.24, 2.45) is 17.6 Å². The van der Waals surface area contributed by atoms with Gasteiger partial charge in [0.25, 0.3) is 0 Å². The van der Waals surface area contributed by atoms with E-state index in [1.54, 1.807) is 20.8 Å². The summed E-state index contributed by atoms with van der Waals surface area (Å²) in [5.41, 5.74) is 4.76. The Bertz CT molecular complexity index is 612. The standard InChI is InChI=1S/C19H32N4O5/c1-19(2,3)28-18(27)23-14(9-11-6-7-11)17(26)22-13(15(20)24)10-12-5-4-8-21-16(12)25/h11-14H,4-10H2,1-3H3,(H2,20,24)(H,21,25)(H,22,26)(H,23,27)/t12-,13?,14?/m0/s1. The van der Waals surface area contributed by atoms with Gasteiger partial charge in [0.15, 0.2) is 0 Å². The van der Waals surface area contributed by atoms with Crippen LogP contribution in [0, 0.1) is 11.8 Å². The molecule has 9 nitrogen and oxygen atoms in total. The number of hydrogen-bond acceptors (Lipinski definition) is 5. The van der Waals surface area contributed by atoms with Gasteiger partial charge >= 0.3 is 6.09 Å². The Labute approximate surface area is 165 Å². The van der Waals surface area contributed by atoms with Crippen LogP contribution in [0.5, 0.6) is 0 Å². The molecule has 5 N–H and O–H groups in total. The van der Waals surface area contributed by atoms with Gasteiger partial charge in [-0.15, -0.1) is 0 Å². The van der Waals surface area contributed by atoms with Crippen molar-refractivity contribution in [1.29, 1.82) is 0 Å². The maximum absolute atomic E-state index is 12.8. The number of primary amides is 1. The van der Waals surface area contributed by atoms with E-state index in [0.717, 1.165) is 19.3 Å². The molecule has 9 heteroatoms. The maximum atomic E-state index is 12.8. The van der Waals surface area contributed by atoms with Crippen LogP contribution in [0.1, 0.15) is 59.3 Å². The van der Waals surface area contributed by atoms with E-state index in [1.807, 2.05) is 0 Å². The van der Waals surface area contributed by atoms with E-state index >= 15 is 0 Å². The zero-order valence-corrected chi connectivity index (χ0v) is 16.9. The minimum Gasteiger partial charge on any atom is -0.444 e. The molecule has 1 heterocycles. The van der Waals surface area contributed by atoms with Crippen molar-refractivity contribution in [2.45, 2.75) is 77.0 Å². The zero-order valence-electron chi connectivity index (χ0n) is 16.9. The minimum absolute atomic E-state index is 0.131. The van der Waals surface area contributed by atoms with Crippen molar-refractivity contribution in [3.63, 3.8) is 0 Å². The summed E-state index contributed by atoms with van der Waals surface area (Å²) in [5, 5.41) is 7.98. The average Bonchev–Trinajstić information content (AvgIpc) is 3.37. The third-order valence-corrected chi connectivity index (χ3v) is 4.85. The molecule has 2 unspecified atom stereocenters. The SMILES string of the molecule is CC(C)(C)OC(=O)NC(CC1CC1)C(=O)NC(C[C@@H]1CCCNC1=O)C(N)=O. The van der Waals surface area contributed by atoms with E-state index in [2.05, 4.69) is 16.0 Å². The van der Waals surface area contributed by atoms with Crippen LogP contribution in [0.3, 0.4) is 0 Å². The Morgan fingerprint density at radius 1 is 1.14 bits per heavy atom. The summed E-state index contributed by atoms with van der Waals surface area (Å²) in [7, 11) is 0. The second-order valence-electron chi connectivity index (χ2n) is 8.71. The van der Waals surface area contributed by atoms with Gasteiger partial charge in [-0.2, -0.15) is 0 Å². The first-order valence-electron chi connectivity index (χ1n) is 9.92. The molecule has 1 saturated heterocycles. The van der Waals surface area contributed by atoms with Gasteiger partial charge < -0.3 is 26.4 Å². The van der Waals surface area contributed by atoms with E-state index in [1.165, 1.54) is 0 Å². The Morgan fingerprint density at radius 2 is 1.82 bits per heavy atom. The molecule has 2 aliphatic rings. The summed E-state index contributed by atoms with van der Waals surface area (Å²) < 4.78 is 5.23. The first-order valence-corrected chi connectivity index (χ1v) is 9.92. The van der Waals surface area contributed by atoms with Crippen LogP contribution in [0.2, 0.25) is 0 Å². The van der Waals surface area contributed by atoms with Crippen molar-refractivity contribution in [2.75, 3.05) is 6.54 Å². The highest BCUT2D eigenvalue weighted by Crippen LogP contribution is 2.33. The van der Waals surface area contributed by atoms with Crippen LogP contribution >= 0.6 is 0 Å². The number of hydrogen-bond donors (Lipinski definition) is 4. The molecule has 28 heavy (non-hydrogen) atoms. The Kier molecular flexibility index (Phi) is 7.26. The highest BCUT2D eigenvalue weighted by molar-refractivity contribution is 5.91. The zero-order chi connectivity index (χ0) is 20.9. The van der Waals surface area contributed by atoms with Gasteiger partial charge in [0, 0.05) is 12.5 Å². The lowest BCUT2D eigenvalue weighted by molar-refractivity contribution is -0.131. The van der Waals surface area contributed by atoms with Crippen molar-refractivity contribution < 1.29 is 23.9 Å². The number of amides is 4. The number of carbonyl (C=O) groups is 4. The number of rotatable bonds is 8. The molecule has 1 aliphatic carbocycles. The molecule has 3 atom stereocenters. The Balaban J connectivity index is 1.98. The van der Waals surface area contributed by atoms with Crippen LogP contribution in [-0.4, -0.2) is 48.0 Å². The fraction of sp³-hybridized carbons (Fsp3) is 0.789. The molecule has 0 aromatic heterocycles. The van der Waals surface area contributed by atoms with Gasteiger partial charge in [-0.05, 0) is 52.4 Å². The van der Waals surface area contributed by atoms with Gasteiger partial charge in [-0.1, -0.05) is 12.8 Å². The van der Waals surface area contributed by atoms with Gasteiger partial charge in [0.05, 0.1) is 0 Å². The molecule has 158 valence electrons. The van der Waals surface area contributed by atoms with Crippen molar-refractivity contribution in [1.82, 2.24) is 16.0 Å². The van der Waals surface area contributed by atoms with E-state index in [-0.39, 0.29) is 18.2 Å². The molecule has 0 bridgehead atoms. The first-order chi connectivity index (χ1) is 13.0. The van der Waals surface area contributed by atoms with Gasteiger partial charge in [-0.25, -0.2) is 4.79 Å². The molecular weight excluding hydrogens is 364 g/mol. The molecule has 0 spiro atoms. The predicted octanol–water partition coefficient (Wildman–Crippen LogP) is 0.566. The van der Waals surface area contributed by atoms with Gasteiger partial charge in [-0.3, -0.25) is 14.4 Å². The summed E-state index contributed by atoms with van der Waals surface area (Å²) in [6, 6.07) is -1.78. The molecular formula is C19H32N4O5. The van der Waals surface area contributed by atoms with Crippen LogP contribution in [-0.2, 0) is 19.1 Å². The lowest BCUT2D eigenvalue weighted by Crippen LogP contribution is -2.54. The summed E-state index contributed by atoms with van der Waals surface area (Å²) >= 11 is 0. The number of nitrogens with one attached hydrogen (secondary N) is 3. The fourth-order valence-corrected chi connectivity index (χ4v) is 3.23. The lowest BCUT2D eigenvalue weighted by Gasteiger charge is -2.27. The number of ether oxygens (including phenoxy) is 1. The van der Waals surface area contributed by atoms with Crippen molar-refractivity contribution in [3.8, 4) is 0 Å². The van der Waals surface area contributed by atoms with E-state index < -0.39 is 35.6 Å². The topological polar surface area (TPSA) is 140 Å².